The number of hydrazine groups is 1. The van der Waals surface area contributed by atoms with Crippen molar-refractivity contribution in [2.24, 2.45) is 23.7 Å². The smallest absolute Gasteiger partial charge is 0.262 e. The fourth-order valence-electron chi connectivity index (χ4n) is 6.89. The van der Waals surface area contributed by atoms with Crippen molar-refractivity contribution in [3.05, 3.63) is 29.8 Å². The van der Waals surface area contributed by atoms with Gasteiger partial charge in [-0.05, 0) is 56.1 Å². The lowest BCUT2D eigenvalue weighted by molar-refractivity contribution is -0.142. The van der Waals surface area contributed by atoms with Gasteiger partial charge in [0.1, 0.15) is 5.75 Å². The molecule has 0 radical (unpaired) electrons. The quantitative estimate of drug-likeness (QED) is 0.663. The van der Waals surface area contributed by atoms with Crippen molar-refractivity contribution in [3.8, 4) is 5.75 Å². The van der Waals surface area contributed by atoms with Gasteiger partial charge in [0.25, 0.3) is 5.91 Å². The van der Waals surface area contributed by atoms with E-state index in [9.17, 15) is 4.79 Å². The van der Waals surface area contributed by atoms with E-state index in [0.717, 1.165) is 18.2 Å². The van der Waals surface area contributed by atoms with Crippen LogP contribution in [0.5, 0.6) is 5.75 Å². The minimum Gasteiger partial charge on any atom is -0.484 e. The Labute approximate surface area is 187 Å². The molecule has 0 spiro atoms. The van der Waals surface area contributed by atoms with Crippen molar-refractivity contribution in [3.63, 3.8) is 0 Å². The Morgan fingerprint density at radius 2 is 1.77 bits per heavy atom. The Hall–Kier alpha value is -1.59. The van der Waals surface area contributed by atoms with Crippen LogP contribution >= 0.6 is 0 Å². The van der Waals surface area contributed by atoms with E-state index in [1.807, 2.05) is 24.3 Å². The Balaban J connectivity index is 1.33. The van der Waals surface area contributed by atoms with Crippen molar-refractivity contribution in [2.45, 2.75) is 83.3 Å². The van der Waals surface area contributed by atoms with Crippen molar-refractivity contribution in [2.75, 3.05) is 13.2 Å². The van der Waals surface area contributed by atoms with Gasteiger partial charge < -0.3 is 9.64 Å². The highest BCUT2D eigenvalue weighted by molar-refractivity contribution is 5.78. The maximum absolute atomic E-state index is 13.7. The first-order chi connectivity index (χ1) is 15.2. The van der Waals surface area contributed by atoms with Gasteiger partial charge in [-0.25, -0.2) is 5.43 Å². The molecule has 2 bridgehead atoms. The first-order valence-corrected chi connectivity index (χ1v) is 12.7. The predicted octanol–water partition coefficient (Wildman–Crippen LogP) is 4.41. The summed E-state index contributed by atoms with van der Waals surface area (Å²) in [4.78, 5) is 15.9. The monoisotopic (exact) mass is 425 g/mol. The molecule has 1 saturated heterocycles. The summed E-state index contributed by atoms with van der Waals surface area (Å²) in [5, 5.41) is 0. The summed E-state index contributed by atoms with van der Waals surface area (Å²) < 4.78 is 5.96. The highest BCUT2D eigenvalue weighted by Gasteiger charge is 2.49. The van der Waals surface area contributed by atoms with E-state index < -0.39 is 0 Å². The third-order valence-electron chi connectivity index (χ3n) is 8.53. The number of hydrogen-bond donors (Lipinski definition) is 2. The molecule has 5 rings (SSSR count). The lowest BCUT2D eigenvalue weighted by atomic mass is 9.83. The van der Waals surface area contributed by atoms with E-state index in [-0.39, 0.29) is 18.7 Å². The second-order valence-corrected chi connectivity index (χ2v) is 10.5. The van der Waals surface area contributed by atoms with Gasteiger partial charge in [-0.15, -0.1) is 0 Å². The van der Waals surface area contributed by atoms with Crippen LogP contribution < -0.4 is 15.6 Å². The Kier molecular flexibility index (Phi) is 6.51. The molecular weight excluding hydrogens is 386 g/mol. The average molecular weight is 426 g/mol. The molecule has 170 valence electrons. The molecule has 3 saturated carbocycles. The number of amides is 1. The first kappa shape index (κ1) is 21.3. The standard InChI is InChI=1S/C26H39N3O2/c1-18-8-12-22(13-9-18)31-17-25(30)29(24-15-19-10-11-21(24)14-19)26-23(16-27-28-26)20-6-4-2-3-5-7-20/h8-9,12-13,19-21,23-24,26-28H,2-7,10-11,14-17H2,1H3. The maximum atomic E-state index is 13.7. The van der Waals surface area contributed by atoms with E-state index in [2.05, 4.69) is 22.7 Å². The fraction of sp³-hybridized carbons (Fsp3) is 0.731. The summed E-state index contributed by atoms with van der Waals surface area (Å²) in [7, 11) is 0. The SMILES string of the molecule is Cc1ccc(OCC(=O)N(C2CC3CCC2C3)C2NNCC2C2CCCCCC2)cc1. The normalized spacial score (nSPS) is 33.4. The topological polar surface area (TPSA) is 53.6 Å². The summed E-state index contributed by atoms with van der Waals surface area (Å²) >= 11 is 0. The largest absolute Gasteiger partial charge is 0.484 e. The number of carbonyl (C=O) groups excluding carboxylic acids is 1. The molecule has 1 aliphatic heterocycles. The van der Waals surface area contributed by atoms with Crippen molar-refractivity contribution in [1.29, 1.82) is 0 Å². The Morgan fingerprint density at radius 1 is 1.00 bits per heavy atom. The summed E-state index contributed by atoms with van der Waals surface area (Å²) in [6.45, 7) is 3.17. The Bertz CT molecular complexity index is 744. The molecular formula is C26H39N3O2. The van der Waals surface area contributed by atoms with Crippen LogP contribution in [0.15, 0.2) is 24.3 Å². The van der Waals surface area contributed by atoms with Crippen LogP contribution in [0.2, 0.25) is 0 Å². The number of ether oxygens (including phenoxy) is 1. The number of benzene rings is 1. The molecule has 0 aromatic heterocycles. The van der Waals surface area contributed by atoms with E-state index in [4.69, 9.17) is 4.74 Å². The zero-order chi connectivity index (χ0) is 21.2. The van der Waals surface area contributed by atoms with Crippen LogP contribution in [0.1, 0.15) is 69.8 Å². The summed E-state index contributed by atoms with van der Waals surface area (Å²) in [5.41, 5.74) is 8.19. The molecule has 2 N–H and O–H groups in total. The van der Waals surface area contributed by atoms with E-state index in [1.165, 1.54) is 69.8 Å². The zero-order valence-corrected chi connectivity index (χ0v) is 19.0. The second kappa shape index (κ2) is 9.50. The average Bonchev–Trinajstić information content (AvgIpc) is 3.48. The number of carbonyl (C=O) groups is 1. The number of hydrogen-bond acceptors (Lipinski definition) is 4. The zero-order valence-electron chi connectivity index (χ0n) is 19.0. The number of fused-ring (bicyclic) bond motifs is 2. The number of nitrogens with one attached hydrogen (secondary N) is 2. The van der Waals surface area contributed by atoms with Crippen molar-refractivity contribution < 1.29 is 9.53 Å². The van der Waals surface area contributed by atoms with E-state index in [0.29, 0.717) is 23.8 Å². The minimum atomic E-state index is 0.0987. The molecule has 1 amide bonds. The maximum Gasteiger partial charge on any atom is 0.262 e. The van der Waals surface area contributed by atoms with E-state index >= 15 is 0 Å². The van der Waals surface area contributed by atoms with Gasteiger partial charge in [-0.1, -0.05) is 62.6 Å². The molecule has 5 nitrogen and oxygen atoms in total. The number of rotatable bonds is 6. The van der Waals surface area contributed by atoms with Crippen molar-refractivity contribution >= 4 is 5.91 Å². The lowest BCUT2D eigenvalue weighted by Crippen LogP contribution is -2.58. The first-order valence-electron chi connectivity index (χ1n) is 12.7. The molecule has 1 heterocycles. The highest BCUT2D eigenvalue weighted by Crippen LogP contribution is 2.48. The molecule has 5 heteroatoms. The molecule has 4 fully saturated rings. The number of nitrogens with zero attached hydrogens (tertiary/aromatic N) is 1. The van der Waals surface area contributed by atoms with Gasteiger partial charge in [-0.2, -0.15) is 0 Å². The molecule has 3 aliphatic carbocycles. The van der Waals surface area contributed by atoms with Gasteiger partial charge in [0.05, 0.1) is 6.17 Å². The van der Waals surface area contributed by atoms with Gasteiger partial charge in [0.15, 0.2) is 6.61 Å². The van der Waals surface area contributed by atoms with Crippen molar-refractivity contribution in [1.82, 2.24) is 15.8 Å². The van der Waals surface area contributed by atoms with Gasteiger partial charge >= 0.3 is 0 Å². The second-order valence-electron chi connectivity index (χ2n) is 10.5. The van der Waals surface area contributed by atoms with Crippen LogP contribution in [0.4, 0.5) is 0 Å². The van der Waals surface area contributed by atoms with Crippen LogP contribution in [-0.4, -0.2) is 36.2 Å². The van der Waals surface area contributed by atoms with Crippen LogP contribution in [0.25, 0.3) is 0 Å². The third kappa shape index (κ3) is 4.63. The third-order valence-corrected chi connectivity index (χ3v) is 8.53. The van der Waals surface area contributed by atoms with E-state index in [1.54, 1.807) is 0 Å². The fourth-order valence-corrected chi connectivity index (χ4v) is 6.89. The number of aryl methyl sites for hydroxylation is 1. The van der Waals surface area contributed by atoms with Crippen LogP contribution in [-0.2, 0) is 4.79 Å². The summed E-state index contributed by atoms with van der Waals surface area (Å²) in [6.07, 6.45) is 13.3. The molecule has 5 atom stereocenters. The van der Waals surface area contributed by atoms with Gasteiger partial charge in [0.2, 0.25) is 0 Å². The summed E-state index contributed by atoms with van der Waals surface area (Å²) in [5.74, 6) is 3.63. The van der Waals surface area contributed by atoms with Crippen LogP contribution in [0.3, 0.4) is 0 Å². The predicted molar refractivity (Wildman–Crippen MR) is 122 cm³/mol. The Morgan fingerprint density at radius 3 is 2.45 bits per heavy atom. The summed E-state index contributed by atoms with van der Waals surface area (Å²) in [6, 6.07) is 8.39. The van der Waals surface area contributed by atoms with Gasteiger partial charge in [0, 0.05) is 18.5 Å². The van der Waals surface area contributed by atoms with Crippen LogP contribution in [0, 0.1) is 30.6 Å². The molecule has 1 aromatic carbocycles. The molecule has 4 aliphatic rings. The molecule has 5 unspecified atom stereocenters. The highest BCUT2D eigenvalue weighted by atomic mass is 16.5. The minimum absolute atomic E-state index is 0.0987. The molecule has 1 aromatic rings. The van der Waals surface area contributed by atoms with Gasteiger partial charge in [-0.3, -0.25) is 10.2 Å². The lowest BCUT2D eigenvalue weighted by Gasteiger charge is -2.42. The molecule has 31 heavy (non-hydrogen) atoms.